The molecule has 0 spiro atoms. The molecule has 0 radical (unpaired) electrons. The average Bonchev–Trinajstić information content (AvgIpc) is 3.26. The largest absolute Gasteiger partial charge is 0.361 e. The number of aromatic amines is 1. The molecule has 2 fully saturated rings. The van der Waals surface area contributed by atoms with Gasteiger partial charge in [-0.3, -0.25) is 19.3 Å². The molecule has 2 aliphatic rings. The van der Waals surface area contributed by atoms with Gasteiger partial charge in [0.05, 0.1) is 11.8 Å². The summed E-state index contributed by atoms with van der Waals surface area (Å²) in [6.45, 7) is 0.980. The first-order valence-electron chi connectivity index (χ1n) is 7.49. The molecular formula is C16H15N3O3S. The number of rotatable bonds is 2. The maximum absolute atomic E-state index is 12.7. The van der Waals surface area contributed by atoms with Gasteiger partial charge in [-0.2, -0.15) is 0 Å². The average molecular weight is 329 g/mol. The molecule has 7 heteroatoms. The second-order valence-corrected chi connectivity index (χ2v) is 6.72. The lowest BCUT2D eigenvalue weighted by Crippen LogP contribution is -2.41. The molecule has 6 nitrogen and oxygen atoms in total. The van der Waals surface area contributed by atoms with Crippen LogP contribution in [0.5, 0.6) is 0 Å². The standard InChI is InChI=1S/C16H15N3O3S/c20-14-9-23-16(22)19(14)12-4-6-18(8-12)15(21)11-2-1-10-3-5-17-13(10)7-11/h1-3,5,7,12,17H,4,6,8-9H2/t12-/m0/s1. The van der Waals surface area contributed by atoms with Crippen molar-refractivity contribution in [3.8, 4) is 0 Å². The van der Waals surface area contributed by atoms with E-state index in [-0.39, 0.29) is 28.8 Å². The molecule has 2 aromatic rings. The van der Waals surface area contributed by atoms with Gasteiger partial charge < -0.3 is 9.88 Å². The molecule has 118 valence electrons. The van der Waals surface area contributed by atoms with Gasteiger partial charge in [0.1, 0.15) is 0 Å². The summed E-state index contributed by atoms with van der Waals surface area (Å²) < 4.78 is 0. The highest BCUT2D eigenvalue weighted by Crippen LogP contribution is 2.27. The van der Waals surface area contributed by atoms with Crippen LogP contribution < -0.4 is 0 Å². The summed E-state index contributed by atoms with van der Waals surface area (Å²) in [7, 11) is 0. The first-order valence-corrected chi connectivity index (χ1v) is 8.47. The van der Waals surface area contributed by atoms with Gasteiger partial charge in [0.2, 0.25) is 5.91 Å². The number of H-pyrrole nitrogens is 1. The van der Waals surface area contributed by atoms with Crippen molar-refractivity contribution in [1.82, 2.24) is 14.8 Å². The zero-order valence-electron chi connectivity index (χ0n) is 12.3. The van der Waals surface area contributed by atoms with Crippen LogP contribution in [0.15, 0.2) is 30.5 Å². The first-order chi connectivity index (χ1) is 11.1. The molecule has 0 aliphatic carbocycles. The summed E-state index contributed by atoms with van der Waals surface area (Å²) in [5.74, 6) is 0.00936. The summed E-state index contributed by atoms with van der Waals surface area (Å²) in [6, 6.07) is 7.33. The highest BCUT2D eigenvalue weighted by Gasteiger charge is 2.40. The summed E-state index contributed by atoms with van der Waals surface area (Å²) in [6.07, 6.45) is 2.49. The van der Waals surface area contributed by atoms with Crippen molar-refractivity contribution in [3.05, 3.63) is 36.0 Å². The lowest BCUT2D eigenvalue weighted by atomic mass is 10.1. The number of fused-ring (bicyclic) bond motifs is 1. The Hall–Kier alpha value is -2.28. The maximum atomic E-state index is 12.7. The zero-order valence-corrected chi connectivity index (χ0v) is 13.1. The van der Waals surface area contributed by atoms with Crippen molar-refractivity contribution in [1.29, 1.82) is 0 Å². The van der Waals surface area contributed by atoms with Gasteiger partial charge in [0.15, 0.2) is 0 Å². The Morgan fingerprint density at radius 3 is 2.91 bits per heavy atom. The van der Waals surface area contributed by atoms with Crippen molar-refractivity contribution in [2.24, 2.45) is 0 Å². The Labute approximate surface area is 136 Å². The highest BCUT2D eigenvalue weighted by atomic mass is 32.2. The summed E-state index contributed by atoms with van der Waals surface area (Å²) in [5.41, 5.74) is 1.54. The van der Waals surface area contributed by atoms with Crippen molar-refractivity contribution in [3.63, 3.8) is 0 Å². The lowest BCUT2D eigenvalue weighted by Gasteiger charge is -2.22. The first kappa shape index (κ1) is 14.3. The van der Waals surface area contributed by atoms with E-state index < -0.39 is 0 Å². The molecule has 2 saturated heterocycles. The van der Waals surface area contributed by atoms with E-state index in [1.54, 1.807) is 4.90 Å². The molecule has 2 aliphatic heterocycles. The van der Waals surface area contributed by atoms with Crippen LogP contribution in [0.1, 0.15) is 16.8 Å². The Kier molecular flexibility index (Phi) is 3.37. The van der Waals surface area contributed by atoms with E-state index in [1.165, 1.54) is 4.90 Å². The molecule has 0 bridgehead atoms. The number of hydrogen-bond donors (Lipinski definition) is 1. The van der Waals surface area contributed by atoms with Crippen molar-refractivity contribution in [2.45, 2.75) is 12.5 Å². The van der Waals surface area contributed by atoms with E-state index in [1.807, 2.05) is 30.5 Å². The van der Waals surface area contributed by atoms with Crippen LogP contribution in [-0.2, 0) is 4.79 Å². The minimum Gasteiger partial charge on any atom is -0.361 e. The van der Waals surface area contributed by atoms with Gasteiger partial charge >= 0.3 is 0 Å². The van der Waals surface area contributed by atoms with Crippen LogP contribution >= 0.6 is 11.8 Å². The monoisotopic (exact) mass is 329 g/mol. The minimum absolute atomic E-state index is 0.0595. The van der Waals surface area contributed by atoms with Crippen LogP contribution in [0.25, 0.3) is 10.9 Å². The van der Waals surface area contributed by atoms with Gasteiger partial charge in [-0.1, -0.05) is 17.8 Å². The Morgan fingerprint density at radius 2 is 2.13 bits per heavy atom. The van der Waals surface area contributed by atoms with E-state index in [0.29, 0.717) is 25.1 Å². The SMILES string of the molecule is O=C(c1ccc2cc[nH]c2c1)N1CC[C@H](N2C(=O)CSC2=O)C1. The zero-order chi connectivity index (χ0) is 16.0. The molecule has 23 heavy (non-hydrogen) atoms. The molecule has 3 amide bonds. The van der Waals surface area contributed by atoms with E-state index in [0.717, 1.165) is 22.7 Å². The third-order valence-electron chi connectivity index (χ3n) is 4.40. The predicted molar refractivity (Wildman–Crippen MR) is 87.3 cm³/mol. The lowest BCUT2D eigenvalue weighted by molar-refractivity contribution is -0.126. The quantitative estimate of drug-likeness (QED) is 0.915. The third-order valence-corrected chi connectivity index (χ3v) is 5.24. The number of aromatic nitrogens is 1. The second kappa shape index (κ2) is 5.42. The number of carbonyl (C=O) groups is 3. The van der Waals surface area contributed by atoms with Crippen molar-refractivity contribution in [2.75, 3.05) is 18.8 Å². The van der Waals surface area contributed by atoms with Gasteiger partial charge in [-0.25, -0.2) is 0 Å². The smallest absolute Gasteiger partial charge is 0.289 e. The number of benzene rings is 1. The van der Waals surface area contributed by atoms with E-state index in [9.17, 15) is 14.4 Å². The van der Waals surface area contributed by atoms with Gasteiger partial charge in [0, 0.05) is 30.4 Å². The number of amides is 3. The molecular weight excluding hydrogens is 314 g/mol. The number of imide groups is 1. The van der Waals surface area contributed by atoms with E-state index >= 15 is 0 Å². The second-order valence-electron chi connectivity index (χ2n) is 5.79. The van der Waals surface area contributed by atoms with Gasteiger partial charge in [0.25, 0.3) is 11.1 Å². The molecule has 1 aromatic carbocycles. The fourth-order valence-corrected chi connectivity index (χ4v) is 3.99. The number of hydrogen-bond acceptors (Lipinski definition) is 4. The van der Waals surface area contributed by atoms with Crippen molar-refractivity contribution < 1.29 is 14.4 Å². The van der Waals surface area contributed by atoms with Gasteiger partial charge in [-0.05, 0) is 30.0 Å². The topological polar surface area (TPSA) is 73.5 Å². The molecule has 1 atom stereocenters. The number of carbonyl (C=O) groups excluding carboxylic acids is 3. The van der Waals surface area contributed by atoms with Crippen LogP contribution in [0, 0.1) is 0 Å². The molecule has 1 N–H and O–H groups in total. The fraction of sp³-hybridized carbons (Fsp3) is 0.312. The third kappa shape index (κ3) is 2.41. The molecule has 1 aromatic heterocycles. The molecule has 0 saturated carbocycles. The summed E-state index contributed by atoms with van der Waals surface area (Å²) in [4.78, 5) is 42.4. The molecule has 4 rings (SSSR count). The summed E-state index contributed by atoms with van der Waals surface area (Å²) in [5, 5.41) is 0.869. The van der Waals surface area contributed by atoms with Crippen LogP contribution in [0.3, 0.4) is 0 Å². The van der Waals surface area contributed by atoms with Crippen LogP contribution in [0.4, 0.5) is 4.79 Å². The molecule has 3 heterocycles. The number of thioether (sulfide) groups is 1. The number of nitrogens with zero attached hydrogens (tertiary/aromatic N) is 2. The Bertz CT molecular complexity index is 800. The summed E-state index contributed by atoms with van der Waals surface area (Å²) >= 11 is 1.04. The molecule has 0 unspecified atom stereocenters. The normalized spacial score (nSPS) is 21.7. The van der Waals surface area contributed by atoms with E-state index in [4.69, 9.17) is 0 Å². The van der Waals surface area contributed by atoms with Crippen LogP contribution in [-0.4, -0.2) is 56.7 Å². The predicted octanol–water partition coefficient (Wildman–Crippen LogP) is 2.08. The van der Waals surface area contributed by atoms with Crippen LogP contribution in [0.2, 0.25) is 0 Å². The maximum Gasteiger partial charge on any atom is 0.289 e. The number of nitrogens with one attached hydrogen (secondary N) is 1. The van der Waals surface area contributed by atoms with E-state index in [2.05, 4.69) is 4.98 Å². The van der Waals surface area contributed by atoms with Crippen molar-refractivity contribution >= 4 is 39.7 Å². The highest BCUT2D eigenvalue weighted by molar-refractivity contribution is 8.14. The number of likely N-dealkylation sites (tertiary alicyclic amines) is 1. The fourth-order valence-electron chi connectivity index (χ4n) is 3.22. The Balaban J connectivity index is 1.51. The Morgan fingerprint density at radius 1 is 1.26 bits per heavy atom. The minimum atomic E-state index is -0.192. The van der Waals surface area contributed by atoms with Gasteiger partial charge in [-0.15, -0.1) is 0 Å².